The number of hydrogen-bond donors (Lipinski definition) is 1. The summed E-state index contributed by atoms with van der Waals surface area (Å²) in [5.74, 6) is 0.778. The molecule has 1 N–H and O–H groups in total. The van der Waals surface area contributed by atoms with Crippen LogP contribution in [0.5, 0.6) is 0 Å². The molecule has 40 heavy (non-hydrogen) atoms. The van der Waals surface area contributed by atoms with Gasteiger partial charge in [-0.1, -0.05) is 43.1 Å². The molecule has 5 nitrogen and oxygen atoms in total. The SMILES string of the molecule is C[C@H]1C[C@H](C)CN(c2ccc(N3C(=S)N[C@@H](c4ccccn4)[C@@H]3c3cccn3-c3ccc(F)c(Cl)c3)cc2Cl)C1. The molecule has 206 valence electrons. The van der Waals surface area contributed by atoms with E-state index in [9.17, 15) is 4.39 Å². The van der Waals surface area contributed by atoms with E-state index in [1.165, 1.54) is 12.5 Å². The Bertz CT molecular complexity index is 1530. The Morgan fingerprint density at radius 3 is 2.38 bits per heavy atom. The number of hydrogen-bond acceptors (Lipinski definition) is 3. The van der Waals surface area contributed by atoms with Gasteiger partial charge in [-0.05, 0) is 91.1 Å². The van der Waals surface area contributed by atoms with Gasteiger partial charge in [-0.15, -0.1) is 0 Å². The molecule has 0 aliphatic carbocycles. The van der Waals surface area contributed by atoms with E-state index in [1.807, 2.05) is 47.2 Å². The Balaban J connectivity index is 1.43. The second-order valence-corrected chi connectivity index (χ2v) is 12.1. The first kappa shape index (κ1) is 27.1. The van der Waals surface area contributed by atoms with Gasteiger partial charge in [0.1, 0.15) is 11.9 Å². The van der Waals surface area contributed by atoms with Crippen LogP contribution in [0.4, 0.5) is 15.8 Å². The highest BCUT2D eigenvalue weighted by Gasteiger charge is 2.42. The van der Waals surface area contributed by atoms with E-state index < -0.39 is 5.82 Å². The molecule has 0 unspecified atom stereocenters. The van der Waals surface area contributed by atoms with Crippen LogP contribution >= 0.6 is 35.4 Å². The van der Waals surface area contributed by atoms with Crippen molar-refractivity contribution in [1.29, 1.82) is 0 Å². The monoisotopic (exact) mass is 593 g/mol. The van der Waals surface area contributed by atoms with Crippen molar-refractivity contribution in [1.82, 2.24) is 14.9 Å². The Morgan fingerprint density at radius 2 is 1.68 bits per heavy atom. The second kappa shape index (κ2) is 11.0. The predicted molar refractivity (Wildman–Crippen MR) is 165 cm³/mol. The first-order valence-electron chi connectivity index (χ1n) is 13.5. The minimum Gasteiger partial charge on any atom is -0.370 e. The summed E-state index contributed by atoms with van der Waals surface area (Å²) in [4.78, 5) is 9.15. The number of anilines is 2. The lowest BCUT2D eigenvalue weighted by molar-refractivity contribution is 0.357. The van der Waals surface area contributed by atoms with E-state index in [4.69, 9.17) is 35.4 Å². The molecule has 0 amide bonds. The highest BCUT2D eigenvalue weighted by atomic mass is 35.5. The predicted octanol–water partition coefficient (Wildman–Crippen LogP) is 7.98. The van der Waals surface area contributed by atoms with Crippen LogP contribution in [-0.4, -0.2) is 27.8 Å². The topological polar surface area (TPSA) is 36.3 Å². The highest BCUT2D eigenvalue weighted by molar-refractivity contribution is 7.80. The van der Waals surface area contributed by atoms with Gasteiger partial charge in [0.25, 0.3) is 0 Å². The van der Waals surface area contributed by atoms with Crippen LogP contribution in [-0.2, 0) is 0 Å². The number of rotatable bonds is 5. The van der Waals surface area contributed by atoms with Gasteiger partial charge in [0.2, 0.25) is 0 Å². The molecule has 2 saturated heterocycles. The smallest absolute Gasteiger partial charge is 0.174 e. The van der Waals surface area contributed by atoms with Crippen LogP contribution in [0.25, 0.3) is 5.69 Å². The van der Waals surface area contributed by atoms with Gasteiger partial charge < -0.3 is 19.7 Å². The minimum atomic E-state index is -0.456. The molecule has 0 radical (unpaired) electrons. The number of thiocarbonyl (C=S) groups is 1. The summed E-state index contributed by atoms with van der Waals surface area (Å²) < 4.78 is 16.0. The molecular weight excluding hydrogens is 564 g/mol. The van der Waals surface area contributed by atoms with Gasteiger partial charge in [0.15, 0.2) is 5.11 Å². The van der Waals surface area contributed by atoms with E-state index in [0.29, 0.717) is 22.0 Å². The number of piperidine rings is 1. The molecule has 2 fully saturated rings. The van der Waals surface area contributed by atoms with E-state index in [2.05, 4.69) is 46.1 Å². The average Bonchev–Trinajstić information content (AvgIpc) is 3.54. The maximum Gasteiger partial charge on any atom is 0.174 e. The third-order valence-electron chi connectivity index (χ3n) is 7.78. The third kappa shape index (κ3) is 5.06. The molecule has 2 aliphatic rings. The van der Waals surface area contributed by atoms with Crippen LogP contribution in [0.1, 0.15) is 43.7 Å². The quantitative estimate of drug-likeness (QED) is 0.237. The van der Waals surface area contributed by atoms with Crippen LogP contribution in [0, 0.1) is 17.7 Å². The van der Waals surface area contributed by atoms with Crippen molar-refractivity contribution in [2.75, 3.05) is 22.9 Å². The van der Waals surface area contributed by atoms with Crippen LogP contribution < -0.4 is 15.1 Å². The maximum absolute atomic E-state index is 14.0. The summed E-state index contributed by atoms with van der Waals surface area (Å²) >= 11 is 19.1. The lowest BCUT2D eigenvalue weighted by Gasteiger charge is -2.37. The number of pyridine rings is 1. The fraction of sp³-hybridized carbons (Fsp3) is 0.290. The molecule has 4 aromatic rings. The Hall–Kier alpha value is -3.13. The fourth-order valence-electron chi connectivity index (χ4n) is 6.20. The third-order valence-corrected chi connectivity index (χ3v) is 8.69. The molecule has 4 atom stereocenters. The zero-order chi connectivity index (χ0) is 28.0. The van der Waals surface area contributed by atoms with Gasteiger partial charge in [0, 0.05) is 42.6 Å². The van der Waals surface area contributed by atoms with Crippen molar-refractivity contribution in [3.05, 3.63) is 106 Å². The highest BCUT2D eigenvalue weighted by Crippen LogP contribution is 2.44. The van der Waals surface area contributed by atoms with Crippen molar-refractivity contribution < 1.29 is 4.39 Å². The van der Waals surface area contributed by atoms with Crippen molar-refractivity contribution >= 4 is 51.9 Å². The summed E-state index contributed by atoms with van der Waals surface area (Å²) in [5, 5.41) is 4.85. The number of aromatic nitrogens is 2. The number of nitrogens with one attached hydrogen (secondary N) is 1. The van der Waals surface area contributed by atoms with E-state index in [0.717, 1.165) is 41.5 Å². The second-order valence-electron chi connectivity index (χ2n) is 10.9. The van der Waals surface area contributed by atoms with E-state index in [-0.39, 0.29) is 17.1 Å². The first-order valence-corrected chi connectivity index (χ1v) is 14.6. The van der Waals surface area contributed by atoms with Crippen molar-refractivity contribution in [2.24, 2.45) is 11.8 Å². The average molecular weight is 595 g/mol. The summed E-state index contributed by atoms with van der Waals surface area (Å²) in [7, 11) is 0. The summed E-state index contributed by atoms with van der Waals surface area (Å²) in [6.07, 6.45) is 4.96. The number of nitrogens with zero attached hydrogens (tertiary/aromatic N) is 4. The first-order chi connectivity index (χ1) is 19.3. The van der Waals surface area contributed by atoms with Gasteiger partial charge in [-0.3, -0.25) is 4.98 Å². The van der Waals surface area contributed by atoms with Crippen LogP contribution in [0.3, 0.4) is 0 Å². The van der Waals surface area contributed by atoms with Gasteiger partial charge in [-0.2, -0.15) is 0 Å². The Labute approximate surface area is 249 Å². The summed E-state index contributed by atoms with van der Waals surface area (Å²) in [5.41, 5.74) is 4.50. The lowest BCUT2D eigenvalue weighted by atomic mass is 9.91. The molecule has 2 aromatic carbocycles. The van der Waals surface area contributed by atoms with Gasteiger partial charge in [-0.25, -0.2) is 4.39 Å². The summed E-state index contributed by atoms with van der Waals surface area (Å²) in [6, 6.07) is 20.3. The van der Waals surface area contributed by atoms with Crippen LogP contribution in [0.2, 0.25) is 10.0 Å². The zero-order valence-electron chi connectivity index (χ0n) is 22.3. The van der Waals surface area contributed by atoms with Crippen molar-refractivity contribution in [3.8, 4) is 5.69 Å². The molecule has 0 bridgehead atoms. The fourth-order valence-corrected chi connectivity index (χ4v) is 7.02. The molecule has 2 aliphatic heterocycles. The van der Waals surface area contributed by atoms with Crippen molar-refractivity contribution in [3.63, 3.8) is 0 Å². The molecule has 0 spiro atoms. The lowest BCUT2D eigenvalue weighted by Crippen LogP contribution is -2.38. The van der Waals surface area contributed by atoms with E-state index >= 15 is 0 Å². The molecule has 9 heteroatoms. The van der Waals surface area contributed by atoms with Crippen LogP contribution in [0.15, 0.2) is 79.1 Å². The Morgan fingerprint density at radius 1 is 0.925 bits per heavy atom. The Kier molecular flexibility index (Phi) is 7.46. The zero-order valence-corrected chi connectivity index (χ0v) is 24.6. The normalized spacial score (nSPS) is 23.0. The van der Waals surface area contributed by atoms with E-state index in [1.54, 1.807) is 18.3 Å². The molecule has 0 saturated carbocycles. The van der Waals surface area contributed by atoms with Gasteiger partial charge in [0.05, 0.1) is 27.5 Å². The standard InChI is InChI=1S/C31H30Cl2FN5S/c1-19-14-20(2)18-37(17-19)27-11-9-22(16-24(27)33)39-30(29(36-31(39)40)26-6-3-4-12-35-26)28-7-5-13-38(28)21-8-10-25(34)23(32)15-21/h3-13,15-16,19-20,29-30H,14,17-18H2,1-2H3,(H,36,40)/t19-,20-,29-,30-/m0/s1. The number of benzene rings is 2. The van der Waals surface area contributed by atoms with Crippen molar-refractivity contribution in [2.45, 2.75) is 32.4 Å². The number of halogens is 3. The summed E-state index contributed by atoms with van der Waals surface area (Å²) in [6.45, 7) is 6.58. The molecule has 4 heterocycles. The minimum absolute atomic E-state index is 0.0686. The maximum atomic E-state index is 14.0. The molecular formula is C31H30Cl2FN5S. The largest absolute Gasteiger partial charge is 0.370 e. The van der Waals surface area contributed by atoms with Gasteiger partial charge >= 0.3 is 0 Å². The molecule has 6 rings (SSSR count). The molecule has 2 aromatic heterocycles.